The Morgan fingerprint density at radius 3 is 2.86 bits per heavy atom. The van der Waals surface area contributed by atoms with E-state index in [9.17, 15) is 9.18 Å². The lowest BCUT2D eigenvalue weighted by atomic mass is 10.1. The van der Waals surface area contributed by atoms with Crippen molar-refractivity contribution in [3.05, 3.63) is 28.2 Å². The van der Waals surface area contributed by atoms with Gasteiger partial charge in [-0.3, -0.25) is 4.79 Å². The second-order valence-corrected chi connectivity index (χ2v) is 3.70. The number of ketones is 1. The highest BCUT2D eigenvalue weighted by Crippen LogP contribution is 2.27. The molecule has 14 heavy (non-hydrogen) atoms. The average molecular weight is 261 g/mol. The van der Waals surface area contributed by atoms with Crippen LogP contribution in [0.15, 0.2) is 22.7 Å². The highest BCUT2D eigenvalue weighted by molar-refractivity contribution is 9.10. The summed E-state index contributed by atoms with van der Waals surface area (Å²) in [4.78, 5) is 11.0. The Hall–Kier alpha value is -0.900. The third-order valence-corrected chi connectivity index (χ3v) is 2.45. The zero-order valence-corrected chi connectivity index (χ0v) is 9.30. The predicted octanol–water partition coefficient (Wildman–Crippen LogP) is 2.89. The Bertz CT molecular complexity index is 339. The minimum Gasteiger partial charge on any atom is -0.463 e. The van der Waals surface area contributed by atoms with Gasteiger partial charge in [0.05, 0.1) is 0 Å². The first kappa shape index (κ1) is 11.2. The zero-order valence-electron chi connectivity index (χ0n) is 7.72. The van der Waals surface area contributed by atoms with Gasteiger partial charge in [-0.2, -0.15) is 0 Å². The summed E-state index contributed by atoms with van der Waals surface area (Å²) < 4.78 is 17.5. The van der Waals surface area contributed by atoms with Crippen LogP contribution in [0.5, 0.6) is 5.75 Å². The number of hydrogen-bond acceptors (Lipinski definition) is 2. The van der Waals surface area contributed by atoms with E-state index in [1.54, 1.807) is 18.2 Å². The molecule has 0 aliphatic carbocycles. The van der Waals surface area contributed by atoms with E-state index in [0.717, 1.165) is 4.47 Å². The number of hydrogen-bond donors (Lipinski definition) is 0. The number of Topliss-reactive ketones (excluding diaryl/α,β-unsaturated/α-hetero) is 1. The fourth-order valence-electron chi connectivity index (χ4n) is 1.15. The van der Waals surface area contributed by atoms with Crippen molar-refractivity contribution < 1.29 is 13.9 Å². The van der Waals surface area contributed by atoms with E-state index in [4.69, 9.17) is 4.74 Å². The first-order valence-corrected chi connectivity index (χ1v) is 4.90. The molecule has 0 radical (unpaired) electrons. The number of carbonyl (C=O) groups excluding carboxylic acids is 1. The Morgan fingerprint density at radius 2 is 2.29 bits per heavy atom. The molecule has 0 saturated heterocycles. The van der Waals surface area contributed by atoms with Crippen molar-refractivity contribution in [2.45, 2.75) is 13.3 Å². The van der Waals surface area contributed by atoms with Crippen LogP contribution in [0.2, 0.25) is 0 Å². The molecule has 0 bridgehead atoms. The summed E-state index contributed by atoms with van der Waals surface area (Å²) in [5.74, 6) is 0.428. The van der Waals surface area contributed by atoms with Gasteiger partial charge in [0.2, 0.25) is 6.86 Å². The van der Waals surface area contributed by atoms with Crippen LogP contribution in [0, 0.1) is 0 Å². The standard InChI is InChI=1S/C10H10BrFO2/c1-7(13)5-8-9(11)3-2-4-10(8)14-6-12/h2-4H,5-6H2,1H3. The maximum absolute atomic E-state index is 12.0. The van der Waals surface area contributed by atoms with E-state index >= 15 is 0 Å². The third kappa shape index (κ3) is 2.80. The van der Waals surface area contributed by atoms with Crippen molar-refractivity contribution in [1.82, 2.24) is 0 Å². The molecule has 0 atom stereocenters. The number of carbonyl (C=O) groups is 1. The Morgan fingerprint density at radius 1 is 1.57 bits per heavy atom. The summed E-state index contributed by atoms with van der Waals surface area (Å²) >= 11 is 3.29. The van der Waals surface area contributed by atoms with Crippen LogP contribution >= 0.6 is 15.9 Å². The van der Waals surface area contributed by atoms with Crippen LogP contribution < -0.4 is 4.74 Å². The fourth-order valence-corrected chi connectivity index (χ4v) is 1.64. The predicted molar refractivity (Wildman–Crippen MR) is 55.1 cm³/mol. The molecule has 4 heteroatoms. The second kappa shape index (κ2) is 5.10. The number of alkyl halides is 1. The van der Waals surface area contributed by atoms with Crippen LogP contribution in [0.25, 0.3) is 0 Å². The normalized spacial score (nSPS) is 9.93. The van der Waals surface area contributed by atoms with E-state index in [1.807, 2.05) is 0 Å². The van der Waals surface area contributed by atoms with Gasteiger partial charge < -0.3 is 4.74 Å². The van der Waals surface area contributed by atoms with Crippen molar-refractivity contribution in [2.24, 2.45) is 0 Å². The molecular weight excluding hydrogens is 251 g/mol. The molecule has 0 aliphatic heterocycles. The summed E-state index contributed by atoms with van der Waals surface area (Å²) in [7, 11) is 0. The summed E-state index contributed by atoms with van der Waals surface area (Å²) in [6.45, 7) is 0.597. The van der Waals surface area contributed by atoms with Crippen LogP contribution in [0.1, 0.15) is 12.5 Å². The lowest BCUT2D eigenvalue weighted by Gasteiger charge is -2.09. The van der Waals surface area contributed by atoms with E-state index in [-0.39, 0.29) is 12.2 Å². The Kier molecular flexibility index (Phi) is 4.07. The molecule has 0 heterocycles. The quantitative estimate of drug-likeness (QED) is 0.833. The molecule has 0 saturated carbocycles. The molecule has 0 aromatic heterocycles. The molecule has 0 fully saturated rings. The number of benzene rings is 1. The van der Waals surface area contributed by atoms with Gasteiger partial charge in [-0.15, -0.1) is 0 Å². The molecular formula is C10H10BrFO2. The molecule has 0 N–H and O–H groups in total. The minimum atomic E-state index is -0.888. The minimum absolute atomic E-state index is 0.0145. The topological polar surface area (TPSA) is 26.3 Å². The first-order chi connectivity index (χ1) is 6.65. The molecule has 0 spiro atoms. The molecule has 1 rings (SSSR count). The molecule has 1 aromatic carbocycles. The highest BCUT2D eigenvalue weighted by atomic mass is 79.9. The van der Waals surface area contributed by atoms with Crippen LogP contribution in [0.4, 0.5) is 4.39 Å². The van der Waals surface area contributed by atoms with Gasteiger partial charge in [-0.1, -0.05) is 22.0 Å². The van der Waals surface area contributed by atoms with Crippen molar-refractivity contribution in [1.29, 1.82) is 0 Å². The maximum Gasteiger partial charge on any atom is 0.228 e. The summed E-state index contributed by atoms with van der Waals surface area (Å²) in [6, 6.07) is 5.17. The van der Waals surface area contributed by atoms with Crippen LogP contribution in [-0.2, 0) is 11.2 Å². The summed E-state index contributed by atoms with van der Waals surface area (Å²) in [5, 5.41) is 0. The van der Waals surface area contributed by atoms with E-state index in [2.05, 4.69) is 15.9 Å². The lowest BCUT2D eigenvalue weighted by Crippen LogP contribution is -2.02. The number of rotatable bonds is 4. The first-order valence-electron chi connectivity index (χ1n) is 4.10. The Balaban J connectivity index is 3.02. The zero-order chi connectivity index (χ0) is 10.6. The maximum atomic E-state index is 12.0. The lowest BCUT2D eigenvalue weighted by molar-refractivity contribution is -0.116. The fraction of sp³-hybridized carbons (Fsp3) is 0.300. The van der Waals surface area contributed by atoms with Gasteiger partial charge in [0.25, 0.3) is 0 Å². The van der Waals surface area contributed by atoms with Crippen LogP contribution in [0.3, 0.4) is 0 Å². The van der Waals surface area contributed by atoms with Gasteiger partial charge in [0.1, 0.15) is 11.5 Å². The smallest absolute Gasteiger partial charge is 0.228 e. The van der Waals surface area contributed by atoms with Gasteiger partial charge in [0, 0.05) is 16.5 Å². The summed E-state index contributed by atoms with van der Waals surface area (Å²) in [6.07, 6.45) is 0.247. The summed E-state index contributed by atoms with van der Waals surface area (Å²) in [5.41, 5.74) is 0.692. The van der Waals surface area contributed by atoms with Gasteiger partial charge in [-0.25, -0.2) is 4.39 Å². The molecule has 0 aliphatic rings. The van der Waals surface area contributed by atoms with E-state index < -0.39 is 6.86 Å². The molecule has 1 aromatic rings. The number of ether oxygens (including phenoxy) is 1. The molecule has 0 unspecified atom stereocenters. The third-order valence-electron chi connectivity index (χ3n) is 1.71. The molecule has 2 nitrogen and oxygen atoms in total. The highest BCUT2D eigenvalue weighted by Gasteiger charge is 2.09. The number of halogens is 2. The van der Waals surface area contributed by atoms with Gasteiger partial charge >= 0.3 is 0 Å². The largest absolute Gasteiger partial charge is 0.463 e. The van der Waals surface area contributed by atoms with Gasteiger partial charge in [0.15, 0.2) is 0 Å². The van der Waals surface area contributed by atoms with E-state index in [1.165, 1.54) is 6.92 Å². The van der Waals surface area contributed by atoms with Crippen LogP contribution in [-0.4, -0.2) is 12.6 Å². The van der Waals surface area contributed by atoms with E-state index in [0.29, 0.717) is 11.3 Å². The monoisotopic (exact) mass is 260 g/mol. The van der Waals surface area contributed by atoms with Gasteiger partial charge in [-0.05, 0) is 19.1 Å². The van der Waals surface area contributed by atoms with Crippen molar-refractivity contribution in [3.8, 4) is 5.75 Å². The second-order valence-electron chi connectivity index (χ2n) is 2.85. The molecule has 76 valence electrons. The van der Waals surface area contributed by atoms with Crippen molar-refractivity contribution >= 4 is 21.7 Å². The molecule has 0 amide bonds. The average Bonchev–Trinajstić information content (AvgIpc) is 2.11. The Labute approximate surface area is 90.2 Å². The SMILES string of the molecule is CC(=O)Cc1c(Br)cccc1OCF. The van der Waals surface area contributed by atoms with Crippen molar-refractivity contribution in [2.75, 3.05) is 6.86 Å². The van der Waals surface area contributed by atoms with Crippen molar-refractivity contribution in [3.63, 3.8) is 0 Å².